The molecule has 0 saturated carbocycles. The maximum absolute atomic E-state index is 11.8. The van der Waals surface area contributed by atoms with Crippen LogP contribution in [0.3, 0.4) is 0 Å². The average Bonchev–Trinajstić information content (AvgIpc) is 2.15. The van der Waals surface area contributed by atoms with Crippen LogP contribution in [0.15, 0.2) is 34.9 Å². The third kappa shape index (κ3) is 4.64. The number of rotatable bonds is 3. The number of nitrogens with one attached hydrogen (secondary N) is 1. The molecule has 0 atom stereocenters. The fourth-order valence-corrected chi connectivity index (χ4v) is 1.03. The summed E-state index contributed by atoms with van der Waals surface area (Å²) < 4.78 is 39.1. The first-order chi connectivity index (χ1) is 7.78. The molecule has 0 aromatic carbocycles. The lowest BCUT2D eigenvalue weighted by Gasteiger charge is -2.10. The van der Waals surface area contributed by atoms with E-state index in [0.29, 0.717) is 0 Å². The molecule has 1 aliphatic rings. The van der Waals surface area contributed by atoms with E-state index in [9.17, 15) is 18.0 Å². The molecular formula is C11H10F3NO2. The van der Waals surface area contributed by atoms with Crippen molar-refractivity contribution in [3.8, 4) is 0 Å². The number of halogens is 3. The van der Waals surface area contributed by atoms with Gasteiger partial charge in [0.15, 0.2) is 5.76 Å². The number of alkyl halides is 3. The molecule has 17 heavy (non-hydrogen) atoms. The van der Waals surface area contributed by atoms with Crippen molar-refractivity contribution in [1.82, 2.24) is 5.32 Å². The van der Waals surface area contributed by atoms with Gasteiger partial charge in [-0.05, 0) is 31.7 Å². The van der Waals surface area contributed by atoms with Crippen LogP contribution in [0.1, 0.15) is 13.8 Å². The summed E-state index contributed by atoms with van der Waals surface area (Å²) >= 11 is 0. The Labute approximate surface area is 95.9 Å². The van der Waals surface area contributed by atoms with Crippen molar-refractivity contribution in [3.63, 3.8) is 0 Å². The van der Waals surface area contributed by atoms with Gasteiger partial charge in [0.05, 0.1) is 5.57 Å². The lowest BCUT2D eigenvalue weighted by atomic mass is 10.2. The van der Waals surface area contributed by atoms with Crippen molar-refractivity contribution in [2.75, 3.05) is 0 Å². The van der Waals surface area contributed by atoms with E-state index in [2.05, 4.69) is 21.5 Å². The van der Waals surface area contributed by atoms with Crippen LogP contribution in [-0.4, -0.2) is 18.3 Å². The van der Waals surface area contributed by atoms with Gasteiger partial charge in [-0.25, -0.2) is 0 Å². The minimum Gasteiger partial charge on any atom is -0.397 e. The highest BCUT2D eigenvalue weighted by Gasteiger charge is 2.31. The highest BCUT2D eigenvalue weighted by atomic mass is 19.4. The fraction of sp³-hybridized carbons (Fsp3) is 0.364. The Morgan fingerprint density at radius 3 is 2.41 bits per heavy atom. The normalized spacial score (nSPS) is 14.5. The molecular weight excluding hydrogens is 235 g/mol. The van der Waals surface area contributed by atoms with Crippen molar-refractivity contribution < 1.29 is 22.7 Å². The number of ether oxygens (including phenoxy) is 1. The topological polar surface area (TPSA) is 38.3 Å². The van der Waals surface area contributed by atoms with E-state index in [4.69, 9.17) is 0 Å². The summed E-state index contributed by atoms with van der Waals surface area (Å²) in [4.78, 5) is 11.4. The van der Waals surface area contributed by atoms with E-state index in [0.717, 1.165) is 6.08 Å². The maximum atomic E-state index is 11.8. The zero-order chi connectivity index (χ0) is 13.1. The van der Waals surface area contributed by atoms with Gasteiger partial charge in [0.25, 0.3) is 5.91 Å². The molecule has 0 aromatic heterocycles. The number of amides is 1. The monoisotopic (exact) mass is 245 g/mol. The Bertz CT molecular complexity index is 448. The van der Waals surface area contributed by atoms with Gasteiger partial charge in [-0.1, -0.05) is 5.73 Å². The summed E-state index contributed by atoms with van der Waals surface area (Å²) in [7, 11) is 0. The van der Waals surface area contributed by atoms with Crippen LogP contribution in [0.2, 0.25) is 0 Å². The number of hydrogen-bond acceptors (Lipinski definition) is 2. The van der Waals surface area contributed by atoms with Crippen molar-refractivity contribution in [2.45, 2.75) is 26.3 Å². The van der Waals surface area contributed by atoms with Crippen LogP contribution in [0.4, 0.5) is 13.2 Å². The quantitative estimate of drug-likeness (QED) is 0.774. The molecule has 92 valence electrons. The number of carbonyl (C=O) groups is 1. The second kappa shape index (κ2) is 4.95. The fourth-order valence-electron chi connectivity index (χ4n) is 1.03. The van der Waals surface area contributed by atoms with E-state index < -0.39 is 18.0 Å². The molecule has 1 amide bonds. The molecule has 0 heterocycles. The smallest absolute Gasteiger partial charge is 0.397 e. The van der Waals surface area contributed by atoms with E-state index in [1.165, 1.54) is 6.08 Å². The number of hydrogen-bond donors (Lipinski definition) is 1. The molecule has 0 fully saturated rings. The van der Waals surface area contributed by atoms with E-state index >= 15 is 0 Å². The predicted octanol–water partition coefficient (Wildman–Crippen LogP) is 2.18. The van der Waals surface area contributed by atoms with Crippen LogP contribution < -0.4 is 5.32 Å². The van der Waals surface area contributed by atoms with Crippen LogP contribution in [0.25, 0.3) is 0 Å². The Hall–Kier alpha value is -1.90. The van der Waals surface area contributed by atoms with E-state index in [1.54, 1.807) is 13.8 Å². The van der Waals surface area contributed by atoms with Gasteiger partial charge in [0.2, 0.25) is 0 Å². The number of carbonyl (C=O) groups excluding carboxylic acids is 1. The summed E-state index contributed by atoms with van der Waals surface area (Å²) in [6, 6.07) is -0.0676. The SMILES string of the molecule is CC(C)NC(=O)C1=C=C=C(OC(F)(F)F)C=C1. The molecule has 0 radical (unpaired) electrons. The zero-order valence-electron chi connectivity index (χ0n) is 9.18. The highest BCUT2D eigenvalue weighted by Crippen LogP contribution is 2.21. The molecule has 0 aromatic rings. The van der Waals surface area contributed by atoms with Gasteiger partial charge in [-0.2, -0.15) is 0 Å². The summed E-state index contributed by atoms with van der Waals surface area (Å²) in [6.45, 7) is 3.53. The molecule has 0 bridgehead atoms. The van der Waals surface area contributed by atoms with Crippen LogP contribution >= 0.6 is 0 Å². The van der Waals surface area contributed by atoms with Gasteiger partial charge in [0.1, 0.15) is 0 Å². The molecule has 6 heteroatoms. The lowest BCUT2D eigenvalue weighted by molar-refractivity contribution is -0.303. The molecule has 3 nitrogen and oxygen atoms in total. The Kier molecular flexibility index (Phi) is 3.84. The third-order valence-corrected chi connectivity index (χ3v) is 1.61. The van der Waals surface area contributed by atoms with Gasteiger partial charge in [0, 0.05) is 6.04 Å². The van der Waals surface area contributed by atoms with E-state index in [1.807, 2.05) is 0 Å². The molecule has 0 unspecified atom stereocenters. The van der Waals surface area contributed by atoms with E-state index in [-0.39, 0.29) is 11.6 Å². The van der Waals surface area contributed by atoms with Gasteiger partial charge >= 0.3 is 6.36 Å². The van der Waals surface area contributed by atoms with Crippen molar-refractivity contribution in [3.05, 3.63) is 34.9 Å². The molecule has 0 spiro atoms. The molecule has 1 aliphatic carbocycles. The lowest BCUT2D eigenvalue weighted by Crippen LogP contribution is -2.30. The predicted molar refractivity (Wildman–Crippen MR) is 53.6 cm³/mol. The Morgan fingerprint density at radius 2 is 2.00 bits per heavy atom. The summed E-state index contributed by atoms with van der Waals surface area (Å²) in [5.41, 5.74) is 4.53. The molecule has 1 rings (SSSR count). The van der Waals surface area contributed by atoms with Gasteiger partial charge in [-0.3, -0.25) is 4.79 Å². The summed E-state index contributed by atoms with van der Waals surface area (Å²) in [5, 5.41) is 2.57. The number of allylic oxidation sites excluding steroid dienone is 1. The van der Waals surface area contributed by atoms with Gasteiger partial charge in [-0.15, -0.1) is 13.2 Å². The standard InChI is InChI=1S/C11H10F3NO2/c1-7(2)15-10(16)8-3-5-9(6-4-8)17-11(12,13)14/h3,5,7H,1-2H3,(H,15,16). The Morgan fingerprint density at radius 1 is 1.35 bits per heavy atom. The zero-order valence-corrected chi connectivity index (χ0v) is 9.18. The molecule has 1 N–H and O–H groups in total. The van der Waals surface area contributed by atoms with Crippen molar-refractivity contribution in [1.29, 1.82) is 0 Å². The summed E-state index contributed by atoms with van der Waals surface area (Å²) in [6.07, 6.45) is -2.57. The second-order valence-corrected chi connectivity index (χ2v) is 3.54. The highest BCUT2D eigenvalue weighted by molar-refractivity contribution is 5.96. The first kappa shape index (κ1) is 13.2. The van der Waals surface area contributed by atoms with Crippen LogP contribution in [-0.2, 0) is 9.53 Å². The third-order valence-electron chi connectivity index (χ3n) is 1.61. The first-order valence-corrected chi connectivity index (χ1v) is 4.78. The van der Waals surface area contributed by atoms with Crippen LogP contribution in [0.5, 0.6) is 0 Å². The second-order valence-electron chi connectivity index (χ2n) is 3.54. The minimum atomic E-state index is -4.77. The average molecular weight is 245 g/mol. The molecule has 0 saturated heterocycles. The van der Waals surface area contributed by atoms with Crippen LogP contribution in [0, 0.1) is 0 Å². The largest absolute Gasteiger partial charge is 0.573 e. The van der Waals surface area contributed by atoms with Crippen molar-refractivity contribution >= 4 is 5.91 Å². The van der Waals surface area contributed by atoms with Gasteiger partial charge < -0.3 is 10.1 Å². The summed E-state index contributed by atoms with van der Waals surface area (Å²) in [5.74, 6) is -0.951. The van der Waals surface area contributed by atoms with Crippen molar-refractivity contribution in [2.24, 2.45) is 0 Å². The molecule has 0 aliphatic heterocycles. The maximum Gasteiger partial charge on any atom is 0.573 e. The Balaban J connectivity index is 2.84. The minimum absolute atomic E-state index is 0.0676. The first-order valence-electron chi connectivity index (χ1n) is 4.78.